The fraction of sp³-hybridized carbons (Fsp3) is 0.400. The number of hydrogen-bond acceptors (Lipinski definition) is 4. The van der Waals surface area contributed by atoms with Gasteiger partial charge in [-0.1, -0.05) is 24.0 Å². The number of methoxy groups -OCH3 is 2. The van der Waals surface area contributed by atoms with Crippen LogP contribution in [0.4, 0.5) is 4.79 Å². The topological polar surface area (TPSA) is 68.8 Å². The van der Waals surface area contributed by atoms with Crippen molar-refractivity contribution in [1.82, 2.24) is 10.6 Å². The molecule has 0 aromatic heterocycles. The van der Waals surface area contributed by atoms with Crippen LogP contribution in [-0.2, 0) is 4.74 Å². The second-order valence-electron chi connectivity index (χ2n) is 3.90. The molecule has 21 heavy (non-hydrogen) atoms. The highest BCUT2D eigenvalue weighted by atomic mass is 16.5. The standard InChI is InChI=1S/C15H20N2O4/c1-19-12-10-17-15(18)16-9-5-6-11-21-14-8-4-3-7-13(14)20-2/h3-4,7-8H,9-12H2,1-2H3,(H2,16,17,18). The Balaban J connectivity index is 2.20. The molecular formula is C15H20N2O4. The zero-order valence-corrected chi connectivity index (χ0v) is 12.3. The summed E-state index contributed by atoms with van der Waals surface area (Å²) in [7, 11) is 3.16. The highest BCUT2D eigenvalue weighted by molar-refractivity contribution is 5.74. The molecule has 2 N–H and O–H groups in total. The van der Waals surface area contributed by atoms with Gasteiger partial charge in [-0.25, -0.2) is 4.79 Å². The highest BCUT2D eigenvalue weighted by Crippen LogP contribution is 2.25. The predicted molar refractivity (Wildman–Crippen MR) is 79.5 cm³/mol. The first-order chi connectivity index (χ1) is 10.3. The molecule has 0 saturated heterocycles. The van der Waals surface area contributed by atoms with Crippen LogP contribution in [-0.4, -0.2) is 46.6 Å². The number of para-hydroxylation sites is 2. The van der Waals surface area contributed by atoms with Crippen LogP contribution in [0, 0.1) is 11.8 Å². The summed E-state index contributed by atoms with van der Waals surface area (Å²) in [4.78, 5) is 11.3. The Kier molecular flexibility index (Phi) is 8.26. The quantitative estimate of drug-likeness (QED) is 0.581. The van der Waals surface area contributed by atoms with E-state index >= 15 is 0 Å². The molecule has 6 nitrogen and oxygen atoms in total. The second-order valence-corrected chi connectivity index (χ2v) is 3.90. The summed E-state index contributed by atoms with van der Waals surface area (Å²) in [5.74, 6) is 6.91. The predicted octanol–water partition coefficient (Wildman–Crippen LogP) is 1.02. The van der Waals surface area contributed by atoms with Crippen molar-refractivity contribution in [1.29, 1.82) is 0 Å². The van der Waals surface area contributed by atoms with Crippen LogP contribution in [0.2, 0.25) is 0 Å². The van der Waals surface area contributed by atoms with Crippen molar-refractivity contribution < 1.29 is 19.0 Å². The summed E-state index contributed by atoms with van der Waals surface area (Å²) in [6, 6.07) is 7.07. The van der Waals surface area contributed by atoms with E-state index in [4.69, 9.17) is 14.2 Å². The Morgan fingerprint density at radius 2 is 1.90 bits per heavy atom. The minimum atomic E-state index is -0.271. The van der Waals surface area contributed by atoms with E-state index in [0.717, 1.165) is 0 Å². The first kappa shape index (κ1) is 16.7. The molecule has 0 spiro atoms. The number of rotatable bonds is 7. The molecule has 0 unspecified atom stereocenters. The van der Waals surface area contributed by atoms with E-state index in [9.17, 15) is 4.79 Å². The van der Waals surface area contributed by atoms with Crippen LogP contribution in [0.3, 0.4) is 0 Å². The van der Waals surface area contributed by atoms with Crippen LogP contribution in [0.1, 0.15) is 0 Å². The van der Waals surface area contributed by atoms with Crippen LogP contribution in [0.25, 0.3) is 0 Å². The minimum absolute atomic E-state index is 0.230. The van der Waals surface area contributed by atoms with Gasteiger partial charge in [-0.05, 0) is 12.1 Å². The zero-order chi connectivity index (χ0) is 15.3. The minimum Gasteiger partial charge on any atom is -0.493 e. The molecule has 0 bridgehead atoms. The SMILES string of the molecule is COCCNC(=O)NCC#CCOc1ccccc1OC. The average Bonchev–Trinajstić information content (AvgIpc) is 2.51. The summed E-state index contributed by atoms with van der Waals surface area (Å²) in [5, 5.41) is 5.23. The maximum atomic E-state index is 11.3. The van der Waals surface area contributed by atoms with Gasteiger partial charge in [0.1, 0.15) is 6.61 Å². The third-order valence-corrected chi connectivity index (χ3v) is 2.42. The lowest BCUT2D eigenvalue weighted by molar-refractivity contribution is 0.196. The summed E-state index contributed by atoms with van der Waals surface area (Å²) in [6.07, 6.45) is 0. The van der Waals surface area contributed by atoms with Crippen LogP contribution >= 0.6 is 0 Å². The summed E-state index contributed by atoms with van der Waals surface area (Å²) in [5.41, 5.74) is 0. The van der Waals surface area contributed by atoms with Crippen LogP contribution in [0.5, 0.6) is 11.5 Å². The summed E-state index contributed by atoms with van der Waals surface area (Å²) in [6.45, 7) is 1.43. The Labute approximate surface area is 124 Å². The molecule has 0 saturated carbocycles. The summed E-state index contributed by atoms with van der Waals surface area (Å²) < 4.78 is 15.4. The molecule has 0 aliphatic carbocycles. The van der Waals surface area contributed by atoms with E-state index in [0.29, 0.717) is 24.7 Å². The van der Waals surface area contributed by atoms with Gasteiger partial charge in [0.25, 0.3) is 0 Å². The Morgan fingerprint density at radius 1 is 1.14 bits per heavy atom. The van der Waals surface area contributed by atoms with E-state index in [1.165, 1.54) is 0 Å². The van der Waals surface area contributed by atoms with Crippen molar-refractivity contribution in [3.05, 3.63) is 24.3 Å². The first-order valence-corrected chi connectivity index (χ1v) is 6.50. The van der Waals surface area contributed by atoms with Gasteiger partial charge in [0.05, 0.1) is 20.3 Å². The molecular weight excluding hydrogens is 272 g/mol. The van der Waals surface area contributed by atoms with Crippen LogP contribution < -0.4 is 20.1 Å². The molecule has 0 aliphatic rings. The van der Waals surface area contributed by atoms with Gasteiger partial charge in [-0.2, -0.15) is 0 Å². The Bertz CT molecular complexity index is 494. The maximum absolute atomic E-state index is 11.3. The molecule has 2 amide bonds. The van der Waals surface area contributed by atoms with Crippen molar-refractivity contribution in [2.75, 3.05) is 40.5 Å². The van der Waals surface area contributed by atoms with Gasteiger partial charge >= 0.3 is 6.03 Å². The number of hydrogen-bond donors (Lipinski definition) is 2. The fourth-order valence-electron chi connectivity index (χ4n) is 1.42. The smallest absolute Gasteiger partial charge is 0.315 e. The third kappa shape index (κ3) is 7.09. The Morgan fingerprint density at radius 3 is 2.62 bits per heavy atom. The lowest BCUT2D eigenvalue weighted by atomic mass is 10.3. The van der Waals surface area contributed by atoms with Gasteiger partial charge in [0.2, 0.25) is 0 Å². The molecule has 1 aromatic rings. The van der Waals surface area contributed by atoms with Crippen molar-refractivity contribution in [2.45, 2.75) is 0 Å². The number of urea groups is 1. The number of benzene rings is 1. The van der Waals surface area contributed by atoms with Crippen molar-refractivity contribution >= 4 is 6.03 Å². The molecule has 0 fully saturated rings. The maximum Gasteiger partial charge on any atom is 0.315 e. The van der Waals surface area contributed by atoms with Crippen molar-refractivity contribution in [3.63, 3.8) is 0 Å². The lowest BCUT2D eigenvalue weighted by Crippen LogP contribution is -2.37. The number of nitrogens with one attached hydrogen (secondary N) is 2. The molecule has 1 rings (SSSR count). The number of amides is 2. The van der Waals surface area contributed by atoms with Gasteiger partial charge in [0, 0.05) is 13.7 Å². The number of carbonyl (C=O) groups is 1. The lowest BCUT2D eigenvalue weighted by Gasteiger charge is -2.07. The van der Waals surface area contributed by atoms with E-state index in [-0.39, 0.29) is 19.2 Å². The molecule has 0 aliphatic heterocycles. The number of ether oxygens (including phenoxy) is 3. The first-order valence-electron chi connectivity index (χ1n) is 6.50. The third-order valence-electron chi connectivity index (χ3n) is 2.42. The summed E-state index contributed by atoms with van der Waals surface area (Å²) >= 11 is 0. The second kappa shape index (κ2) is 10.4. The zero-order valence-electron chi connectivity index (χ0n) is 12.3. The van der Waals surface area contributed by atoms with Gasteiger partial charge < -0.3 is 24.8 Å². The van der Waals surface area contributed by atoms with E-state index in [1.54, 1.807) is 14.2 Å². The monoisotopic (exact) mass is 292 g/mol. The molecule has 114 valence electrons. The van der Waals surface area contributed by atoms with Crippen molar-refractivity contribution in [3.8, 4) is 23.3 Å². The molecule has 0 radical (unpaired) electrons. The van der Waals surface area contributed by atoms with Crippen LogP contribution in [0.15, 0.2) is 24.3 Å². The molecule has 0 atom stereocenters. The van der Waals surface area contributed by atoms with Gasteiger partial charge in [0.15, 0.2) is 11.5 Å². The normalized spacial score (nSPS) is 9.24. The van der Waals surface area contributed by atoms with Gasteiger partial charge in [-0.15, -0.1) is 0 Å². The van der Waals surface area contributed by atoms with E-state index in [2.05, 4.69) is 22.5 Å². The molecule has 6 heteroatoms. The Hall–Kier alpha value is -2.39. The van der Waals surface area contributed by atoms with E-state index in [1.807, 2.05) is 24.3 Å². The average molecular weight is 292 g/mol. The van der Waals surface area contributed by atoms with E-state index < -0.39 is 0 Å². The van der Waals surface area contributed by atoms with Crippen molar-refractivity contribution in [2.24, 2.45) is 0 Å². The molecule has 1 aromatic carbocycles. The fourth-order valence-corrected chi connectivity index (χ4v) is 1.42. The van der Waals surface area contributed by atoms with Gasteiger partial charge in [-0.3, -0.25) is 0 Å². The highest BCUT2D eigenvalue weighted by Gasteiger charge is 2.00. The molecule has 0 heterocycles. The largest absolute Gasteiger partial charge is 0.493 e. The number of carbonyl (C=O) groups excluding carboxylic acids is 1.